The van der Waals surface area contributed by atoms with Crippen LogP contribution in [0.2, 0.25) is 0 Å². The molecule has 1 aromatic rings. The smallest absolute Gasteiger partial charge is 0.436 e. The molecule has 0 aliphatic rings. The molecule has 0 saturated heterocycles. The Labute approximate surface area is 96.4 Å². The van der Waals surface area contributed by atoms with Crippen LogP contribution in [0.4, 0.5) is 13.2 Å². The second-order valence-electron chi connectivity index (χ2n) is 4.06. The maximum absolute atomic E-state index is 12.5. The predicted octanol–water partition coefficient (Wildman–Crippen LogP) is 2.25. The van der Waals surface area contributed by atoms with Crippen LogP contribution in [0.5, 0.6) is 0 Å². The molecule has 0 fully saturated rings. The average Bonchev–Trinajstić information content (AvgIpc) is 2.56. The molecule has 0 bridgehead atoms. The number of halogens is 3. The molecule has 0 aliphatic carbocycles. The lowest BCUT2D eigenvalue weighted by Gasteiger charge is -2.08. The van der Waals surface area contributed by atoms with Crippen LogP contribution >= 0.6 is 0 Å². The zero-order chi connectivity index (χ0) is 13.2. The number of carbonyl (C=O) groups excluding carboxylic acids is 1. The molecule has 1 aromatic heterocycles. The fourth-order valence-corrected chi connectivity index (χ4v) is 1.17. The average molecular weight is 250 g/mol. The van der Waals surface area contributed by atoms with Crippen LogP contribution in [-0.4, -0.2) is 22.4 Å². The molecule has 0 unspecified atom stereocenters. The van der Waals surface area contributed by atoms with Gasteiger partial charge in [0, 0.05) is 13.2 Å². The summed E-state index contributed by atoms with van der Waals surface area (Å²) in [5.74, 6) is -0.941. The van der Waals surface area contributed by atoms with E-state index in [2.05, 4.69) is 5.10 Å². The zero-order valence-corrected chi connectivity index (χ0v) is 9.71. The summed E-state index contributed by atoms with van der Waals surface area (Å²) in [6, 6.07) is 0. The van der Waals surface area contributed by atoms with Crippen LogP contribution in [0.15, 0.2) is 6.20 Å². The highest BCUT2D eigenvalue weighted by molar-refractivity contribution is 5.90. The largest absolute Gasteiger partial charge is 0.462 e. The van der Waals surface area contributed by atoms with Crippen molar-refractivity contribution in [3.8, 4) is 0 Å². The van der Waals surface area contributed by atoms with Crippen molar-refractivity contribution in [2.75, 3.05) is 6.61 Å². The number of nitrogens with zero attached hydrogens (tertiary/aromatic N) is 2. The summed E-state index contributed by atoms with van der Waals surface area (Å²) < 4.78 is 43.3. The molecule has 17 heavy (non-hydrogen) atoms. The van der Waals surface area contributed by atoms with E-state index in [-0.39, 0.29) is 12.5 Å². The van der Waals surface area contributed by atoms with Gasteiger partial charge in [0.15, 0.2) is 5.69 Å². The third-order valence-electron chi connectivity index (χ3n) is 1.86. The zero-order valence-electron chi connectivity index (χ0n) is 9.71. The van der Waals surface area contributed by atoms with Crippen molar-refractivity contribution in [1.82, 2.24) is 9.78 Å². The van der Waals surface area contributed by atoms with Gasteiger partial charge >= 0.3 is 12.1 Å². The van der Waals surface area contributed by atoms with E-state index < -0.39 is 23.4 Å². The SMILES string of the molecule is CC(C)COC(=O)c1cn(C)nc1C(F)(F)F. The Morgan fingerprint density at radius 2 is 2.12 bits per heavy atom. The summed E-state index contributed by atoms with van der Waals surface area (Å²) >= 11 is 0. The molecule has 0 radical (unpaired) electrons. The first-order valence-corrected chi connectivity index (χ1v) is 4.99. The van der Waals surface area contributed by atoms with Crippen molar-refractivity contribution in [2.45, 2.75) is 20.0 Å². The highest BCUT2D eigenvalue weighted by Gasteiger charge is 2.39. The van der Waals surface area contributed by atoms with Crippen LogP contribution in [0.3, 0.4) is 0 Å². The van der Waals surface area contributed by atoms with Gasteiger partial charge in [0.2, 0.25) is 0 Å². The standard InChI is InChI=1S/C10H13F3N2O2/c1-6(2)5-17-9(16)7-4-15(3)14-8(7)10(11,12)13/h4,6H,5H2,1-3H3. The normalized spacial score (nSPS) is 11.9. The molecule has 0 aromatic carbocycles. The minimum absolute atomic E-state index is 0.0601. The van der Waals surface area contributed by atoms with Crippen LogP contribution in [0, 0.1) is 5.92 Å². The summed E-state index contributed by atoms with van der Waals surface area (Å²) in [6.45, 7) is 3.66. The predicted molar refractivity (Wildman–Crippen MR) is 53.3 cm³/mol. The fraction of sp³-hybridized carbons (Fsp3) is 0.600. The molecule has 7 heteroatoms. The molecule has 0 N–H and O–H groups in total. The first-order chi connectivity index (χ1) is 7.71. The van der Waals surface area contributed by atoms with Crippen molar-refractivity contribution < 1.29 is 22.7 Å². The highest BCUT2D eigenvalue weighted by Crippen LogP contribution is 2.30. The van der Waals surface area contributed by atoms with E-state index in [0.717, 1.165) is 10.9 Å². The fourth-order valence-electron chi connectivity index (χ4n) is 1.17. The van der Waals surface area contributed by atoms with E-state index >= 15 is 0 Å². The van der Waals surface area contributed by atoms with Gasteiger partial charge < -0.3 is 4.74 Å². The van der Waals surface area contributed by atoms with Crippen LogP contribution in [0.1, 0.15) is 29.9 Å². The Hall–Kier alpha value is -1.53. The monoisotopic (exact) mass is 250 g/mol. The number of esters is 1. The molecule has 0 spiro atoms. The van der Waals surface area contributed by atoms with Crippen molar-refractivity contribution in [1.29, 1.82) is 0 Å². The lowest BCUT2D eigenvalue weighted by molar-refractivity contribution is -0.142. The maximum Gasteiger partial charge on any atom is 0.436 e. The highest BCUT2D eigenvalue weighted by atomic mass is 19.4. The van der Waals surface area contributed by atoms with Gasteiger partial charge in [0.1, 0.15) is 5.56 Å². The summed E-state index contributed by atoms with van der Waals surface area (Å²) in [5.41, 5.74) is -1.77. The second kappa shape index (κ2) is 4.77. The minimum atomic E-state index is -4.66. The molecule has 96 valence electrons. The first-order valence-electron chi connectivity index (χ1n) is 4.99. The van der Waals surface area contributed by atoms with E-state index in [1.165, 1.54) is 7.05 Å². The molecule has 0 amide bonds. The topological polar surface area (TPSA) is 44.1 Å². The third-order valence-corrected chi connectivity index (χ3v) is 1.86. The lowest BCUT2D eigenvalue weighted by Crippen LogP contribution is -2.16. The minimum Gasteiger partial charge on any atom is -0.462 e. The number of ether oxygens (including phenoxy) is 1. The van der Waals surface area contributed by atoms with Gasteiger partial charge in [0.25, 0.3) is 0 Å². The number of hydrogen-bond acceptors (Lipinski definition) is 3. The second-order valence-corrected chi connectivity index (χ2v) is 4.06. The number of aryl methyl sites for hydroxylation is 1. The van der Waals surface area contributed by atoms with Gasteiger partial charge in [0.05, 0.1) is 6.61 Å². The van der Waals surface area contributed by atoms with Gasteiger partial charge in [-0.2, -0.15) is 18.3 Å². The van der Waals surface area contributed by atoms with Gasteiger partial charge in [-0.3, -0.25) is 4.68 Å². The van der Waals surface area contributed by atoms with E-state index in [4.69, 9.17) is 4.74 Å². The number of rotatable bonds is 3. The van der Waals surface area contributed by atoms with Gasteiger partial charge in [-0.05, 0) is 5.92 Å². The quantitative estimate of drug-likeness (QED) is 0.773. The number of carbonyl (C=O) groups is 1. The maximum atomic E-state index is 12.5. The Morgan fingerprint density at radius 1 is 1.53 bits per heavy atom. The van der Waals surface area contributed by atoms with Gasteiger partial charge in [-0.25, -0.2) is 4.79 Å². The third kappa shape index (κ3) is 3.47. The molecule has 1 heterocycles. The number of alkyl halides is 3. The summed E-state index contributed by atoms with van der Waals surface area (Å²) in [5, 5.41) is 3.22. The number of aromatic nitrogens is 2. The van der Waals surface area contributed by atoms with Gasteiger partial charge in [-0.15, -0.1) is 0 Å². The molecule has 4 nitrogen and oxygen atoms in total. The Balaban J connectivity index is 2.94. The molecular weight excluding hydrogens is 237 g/mol. The van der Waals surface area contributed by atoms with Crippen molar-refractivity contribution in [2.24, 2.45) is 13.0 Å². The molecule has 1 rings (SSSR count). The Morgan fingerprint density at radius 3 is 2.59 bits per heavy atom. The summed E-state index contributed by atoms with van der Waals surface area (Å²) in [6.07, 6.45) is -3.65. The number of hydrogen-bond donors (Lipinski definition) is 0. The Bertz CT molecular complexity index is 410. The van der Waals surface area contributed by atoms with Gasteiger partial charge in [-0.1, -0.05) is 13.8 Å². The summed E-state index contributed by atoms with van der Waals surface area (Å²) in [4.78, 5) is 11.5. The lowest BCUT2D eigenvalue weighted by atomic mass is 10.2. The van der Waals surface area contributed by atoms with Crippen LogP contribution < -0.4 is 0 Å². The van der Waals surface area contributed by atoms with Crippen molar-refractivity contribution >= 4 is 5.97 Å². The van der Waals surface area contributed by atoms with E-state index in [1.54, 1.807) is 13.8 Å². The molecular formula is C10H13F3N2O2. The summed E-state index contributed by atoms with van der Waals surface area (Å²) in [7, 11) is 1.31. The van der Waals surface area contributed by atoms with Crippen molar-refractivity contribution in [3.63, 3.8) is 0 Å². The van der Waals surface area contributed by atoms with Crippen molar-refractivity contribution in [3.05, 3.63) is 17.5 Å². The van der Waals surface area contributed by atoms with E-state index in [1.807, 2.05) is 0 Å². The van der Waals surface area contributed by atoms with Crippen LogP contribution in [-0.2, 0) is 18.0 Å². The molecule has 0 atom stereocenters. The molecule has 0 saturated carbocycles. The molecule has 0 aliphatic heterocycles. The van der Waals surface area contributed by atoms with E-state index in [9.17, 15) is 18.0 Å². The van der Waals surface area contributed by atoms with E-state index in [0.29, 0.717) is 0 Å². The first kappa shape index (κ1) is 13.5. The Kier molecular flexibility index (Phi) is 3.79. The van der Waals surface area contributed by atoms with Crippen LogP contribution in [0.25, 0.3) is 0 Å².